The minimum Gasteiger partial charge on any atom is -0.444 e. The fourth-order valence-corrected chi connectivity index (χ4v) is 1.79. The van der Waals surface area contributed by atoms with Gasteiger partial charge in [-0.1, -0.05) is 0 Å². The van der Waals surface area contributed by atoms with Crippen molar-refractivity contribution in [1.82, 2.24) is 10.2 Å². The molecule has 1 fully saturated rings. The number of aliphatic hydroxyl groups excluding tert-OH is 1. The highest BCUT2D eigenvalue weighted by Gasteiger charge is 2.25. The van der Waals surface area contributed by atoms with Crippen molar-refractivity contribution in [3.8, 4) is 0 Å². The van der Waals surface area contributed by atoms with Crippen molar-refractivity contribution in [3.63, 3.8) is 0 Å². The average Bonchev–Trinajstić information content (AvgIpc) is 2.60. The second kappa shape index (κ2) is 6.04. The number of hydrogen-bond donors (Lipinski definition) is 2. The number of carbonyl (C=O) groups is 2. The molecule has 0 aromatic heterocycles. The number of hydrogen-bond acceptors (Lipinski definition) is 4. The summed E-state index contributed by atoms with van der Waals surface area (Å²) in [6.45, 7) is 6.10. The van der Waals surface area contributed by atoms with Gasteiger partial charge in [0.1, 0.15) is 5.60 Å². The second-order valence-electron chi connectivity index (χ2n) is 5.47. The van der Waals surface area contributed by atoms with Gasteiger partial charge in [0.25, 0.3) is 0 Å². The Balaban J connectivity index is 2.42. The van der Waals surface area contributed by atoms with Gasteiger partial charge in [-0.3, -0.25) is 4.79 Å². The van der Waals surface area contributed by atoms with E-state index in [2.05, 4.69) is 5.32 Å². The van der Waals surface area contributed by atoms with Gasteiger partial charge in [-0.25, -0.2) is 4.79 Å². The van der Waals surface area contributed by atoms with Gasteiger partial charge < -0.3 is 20.1 Å². The molecular weight excluding hydrogens is 236 g/mol. The fraction of sp³-hybridized carbons (Fsp3) is 0.833. The summed E-state index contributed by atoms with van der Waals surface area (Å²) >= 11 is 0. The second-order valence-corrected chi connectivity index (χ2v) is 5.47. The van der Waals surface area contributed by atoms with Gasteiger partial charge in [-0.2, -0.15) is 0 Å². The Kier molecular flexibility index (Phi) is 4.95. The first kappa shape index (κ1) is 14.8. The molecule has 1 aliphatic rings. The number of nitrogens with one attached hydrogen (secondary N) is 1. The summed E-state index contributed by atoms with van der Waals surface area (Å²) < 4.78 is 5.10. The van der Waals surface area contributed by atoms with Crippen LogP contribution in [0.1, 0.15) is 33.6 Å². The van der Waals surface area contributed by atoms with Crippen LogP contribution in [0, 0.1) is 0 Å². The van der Waals surface area contributed by atoms with E-state index >= 15 is 0 Å². The smallest absolute Gasteiger partial charge is 0.408 e. The van der Waals surface area contributed by atoms with Gasteiger partial charge in [0.15, 0.2) is 0 Å². The van der Waals surface area contributed by atoms with Gasteiger partial charge in [0.05, 0.1) is 12.6 Å². The lowest BCUT2D eigenvalue weighted by Gasteiger charge is -2.25. The molecule has 1 rings (SSSR count). The minimum atomic E-state index is -0.576. The van der Waals surface area contributed by atoms with E-state index in [-0.39, 0.29) is 12.5 Å². The minimum absolute atomic E-state index is 0.0689. The molecule has 0 saturated carbocycles. The van der Waals surface area contributed by atoms with Crippen molar-refractivity contribution in [2.45, 2.75) is 45.3 Å². The molecule has 0 unspecified atom stereocenters. The van der Waals surface area contributed by atoms with E-state index in [1.165, 1.54) is 0 Å². The molecule has 1 aliphatic heterocycles. The van der Waals surface area contributed by atoms with Gasteiger partial charge in [-0.05, 0) is 27.2 Å². The summed E-state index contributed by atoms with van der Waals surface area (Å²) in [5.41, 5.74) is -0.576. The summed E-state index contributed by atoms with van der Waals surface area (Å²) in [5, 5.41) is 11.8. The Hall–Kier alpha value is -1.30. The normalized spacial score (nSPS) is 17.8. The summed E-state index contributed by atoms with van der Waals surface area (Å²) in [6.07, 6.45) is 0.807. The quantitative estimate of drug-likeness (QED) is 0.769. The predicted molar refractivity (Wildman–Crippen MR) is 66.1 cm³/mol. The number of nitrogens with zero attached hydrogens (tertiary/aromatic N) is 1. The summed E-state index contributed by atoms with van der Waals surface area (Å²) in [4.78, 5) is 24.6. The Morgan fingerprint density at radius 3 is 2.67 bits per heavy atom. The van der Waals surface area contributed by atoms with Crippen LogP contribution in [0.15, 0.2) is 0 Å². The molecule has 6 nitrogen and oxygen atoms in total. The first-order valence-electron chi connectivity index (χ1n) is 6.20. The highest BCUT2D eigenvalue weighted by atomic mass is 16.6. The van der Waals surface area contributed by atoms with Crippen LogP contribution in [-0.2, 0) is 9.53 Å². The molecular formula is C12H22N2O4. The van der Waals surface area contributed by atoms with Crippen molar-refractivity contribution in [2.24, 2.45) is 0 Å². The number of alkyl carbamates (subject to hydrolysis) is 1. The maximum atomic E-state index is 11.5. The molecule has 1 atom stereocenters. The monoisotopic (exact) mass is 258 g/mol. The first-order chi connectivity index (χ1) is 8.31. The molecule has 18 heavy (non-hydrogen) atoms. The third kappa shape index (κ3) is 4.91. The highest BCUT2D eigenvalue weighted by Crippen LogP contribution is 2.10. The predicted octanol–water partition coefficient (Wildman–Crippen LogP) is 0.494. The molecule has 2 amide bonds. The number of likely N-dealkylation sites (tertiary alicyclic amines) is 1. The van der Waals surface area contributed by atoms with E-state index < -0.39 is 17.7 Å². The van der Waals surface area contributed by atoms with Crippen LogP contribution >= 0.6 is 0 Å². The zero-order valence-electron chi connectivity index (χ0n) is 11.2. The first-order valence-corrected chi connectivity index (χ1v) is 6.20. The van der Waals surface area contributed by atoms with Crippen LogP contribution in [0.2, 0.25) is 0 Å². The van der Waals surface area contributed by atoms with Crippen LogP contribution in [0.4, 0.5) is 4.79 Å². The van der Waals surface area contributed by atoms with Gasteiger partial charge >= 0.3 is 6.09 Å². The molecule has 1 heterocycles. The molecule has 1 saturated heterocycles. The Labute approximate surface area is 107 Å². The van der Waals surface area contributed by atoms with E-state index in [0.717, 1.165) is 6.42 Å². The van der Waals surface area contributed by atoms with Gasteiger partial charge in [0.2, 0.25) is 5.91 Å². The van der Waals surface area contributed by atoms with Crippen molar-refractivity contribution in [1.29, 1.82) is 0 Å². The van der Waals surface area contributed by atoms with E-state index in [4.69, 9.17) is 4.74 Å². The lowest BCUT2D eigenvalue weighted by molar-refractivity contribution is -0.128. The number of amides is 2. The lowest BCUT2D eigenvalue weighted by atomic mass is 10.2. The van der Waals surface area contributed by atoms with E-state index in [9.17, 15) is 14.7 Å². The molecule has 2 N–H and O–H groups in total. The lowest BCUT2D eigenvalue weighted by Crippen LogP contribution is -2.47. The van der Waals surface area contributed by atoms with Crippen LogP contribution < -0.4 is 5.32 Å². The summed E-state index contributed by atoms with van der Waals surface area (Å²) in [6, 6.07) is -0.484. The Bertz CT molecular complexity index is 312. The zero-order chi connectivity index (χ0) is 13.8. The zero-order valence-corrected chi connectivity index (χ0v) is 11.2. The molecule has 0 aromatic rings. The van der Waals surface area contributed by atoms with Gasteiger partial charge in [0, 0.05) is 19.5 Å². The average molecular weight is 258 g/mol. The van der Waals surface area contributed by atoms with Crippen molar-refractivity contribution >= 4 is 12.0 Å². The van der Waals surface area contributed by atoms with E-state index in [0.29, 0.717) is 19.5 Å². The number of rotatable bonds is 4. The Morgan fingerprint density at radius 2 is 2.22 bits per heavy atom. The molecule has 0 spiro atoms. The molecule has 104 valence electrons. The number of aliphatic hydroxyl groups is 1. The highest BCUT2D eigenvalue weighted by molar-refractivity contribution is 5.78. The molecule has 0 aromatic carbocycles. The molecule has 0 aliphatic carbocycles. The van der Waals surface area contributed by atoms with Crippen molar-refractivity contribution in [3.05, 3.63) is 0 Å². The summed E-state index contributed by atoms with van der Waals surface area (Å²) in [7, 11) is 0. The largest absolute Gasteiger partial charge is 0.444 e. The standard InChI is InChI=1S/C12H22N2O4/c1-12(2,3)18-11(17)13-9(8-15)7-14-6-4-5-10(14)16/h9,15H,4-8H2,1-3H3,(H,13,17)/t9-/m1/s1. The Morgan fingerprint density at radius 1 is 1.56 bits per heavy atom. The third-order valence-electron chi connectivity index (χ3n) is 2.55. The third-order valence-corrected chi connectivity index (χ3v) is 2.55. The van der Waals surface area contributed by atoms with Gasteiger partial charge in [-0.15, -0.1) is 0 Å². The maximum Gasteiger partial charge on any atom is 0.408 e. The molecule has 0 radical (unpaired) electrons. The maximum absolute atomic E-state index is 11.5. The van der Waals surface area contributed by atoms with E-state index in [1.54, 1.807) is 25.7 Å². The molecule has 6 heteroatoms. The van der Waals surface area contributed by atoms with Crippen LogP contribution in [0.5, 0.6) is 0 Å². The SMILES string of the molecule is CC(C)(C)OC(=O)N[C@@H](CO)CN1CCCC1=O. The molecule has 0 bridgehead atoms. The van der Waals surface area contributed by atoms with Crippen molar-refractivity contribution in [2.75, 3.05) is 19.7 Å². The topological polar surface area (TPSA) is 78.9 Å². The summed E-state index contributed by atoms with van der Waals surface area (Å²) in [5.74, 6) is 0.0689. The van der Waals surface area contributed by atoms with Crippen LogP contribution in [-0.4, -0.2) is 53.3 Å². The van der Waals surface area contributed by atoms with Crippen molar-refractivity contribution < 1.29 is 19.4 Å². The van der Waals surface area contributed by atoms with Crippen LogP contribution in [0.25, 0.3) is 0 Å². The number of carbonyl (C=O) groups excluding carboxylic acids is 2. The van der Waals surface area contributed by atoms with E-state index in [1.807, 2.05) is 0 Å². The van der Waals surface area contributed by atoms with Crippen LogP contribution in [0.3, 0.4) is 0 Å². The fourth-order valence-electron chi connectivity index (χ4n) is 1.79. The number of ether oxygens (including phenoxy) is 1.